The van der Waals surface area contributed by atoms with Gasteiger partial charge < -0.3 is 4.74 Å². The van der Waals surface area contributed by atoms with Crippen molar-refractivity contribution in [1.82, 2.24) is 4.72 Å². The predicted molar refractivity (Wildman–Crippen MR) is 87.5 cm³/mol. The van der Waals surface area contributed by atoms with Crippen molar-refractivity contribution >= 4 is 10.0 Å². The van der Waals surface area contributed by atoms with E-state index in [1.807, 2.05) is 13.0 Å². The molecule has 0 bridgehead atoms. The fourth-order valence-corrected chi connectivity index (χ4v) is 3.35. The molecule has 1 atom stereocenters. The maximum Gasteiger partial charge on any atom is 0.241 e. The van der Waals surface area contributed by atoms with Crippen molar-refractivity contribution < 1.29 is 13.2 Å². The maximum absolute atomic E-state index is 12.5. The molecule has 0 saturated heterocycles. The van der Waals surface area contributed by atoms with Crippen molar-refractivity contribution in [3.8, 4) is 11.8 Å². The van der Waals surface area contributed by atoms with Crippen LogP contribution in [0.25, 0.3) is 0 Å². The van der Waals surface area contributed by atoms with E-state index in [1.54, 1.807) is 55.6 Å². The summed E-state index contributed by atoms with van der Waals surface area (Å²) in [5, 5.41) is 8.99. The molecule has 0 spiro atoms. The summed E-state index contributed by atoms with van der Waals surface area (Å²) in [6.07, 6.45) is 0.0391. The van der Waals surface area contributed by atoms with Crippen molar-refractivity contribution in [3.63, 3.8) is 0 Å². The SMILES string of the molecule is COc1ccc(C(CC#N)NS(=O)(=O)c2ccc(C)cc2)cc1. The summed E-state index contributed by atoms with van der Waals surface area (Å²) in [6.45, 7) is 1.89. The molecule has 0 aliphatic rings. The van der Waals surface area contributed by atoms with E-state index < -0.39 is 16.1 Å². The first-order valence-corrected chi connectivity index (χ1v) is 8.54. The molecular weight excluding hydrogens is 312 g/mol. The molecule has 1 unspecified atom stereocenters. The zero-order chi connectivity index (χ0) is 16.9. The van der Waals surface area contributed by atoms with Crippen LogP contribution in [-0.2, 0) is 10.0 Å². The molecule has 0 saturated carbocycles. The van der Waals surface area contributed by atoms with Gasteiger partial charge in [-0.25, -0.2) is 13.1 Å². The molecule has 5 nitrogen and oxygen atoms in total. The Balaban J connectivity index is 2.27. The summed E-state index contributed by atoms with van der Waals surface area (Å²) >= 11 is 0. The molecule has 0 aliphatic carbocycles. The van der Waals surface area contributed by atoms with Crippen molar-refractivity contribution in [2.45, 2.75) is 24.3 Å². The Kier molecular flexibility index (Phi) is 5.37. The summed E-state index contributed by atoms with van der Waals surface area (Å²) in [6, 6.07) is 15.0. The second-order valence-corrected chi connectivity index (χ2v) is 6.84. The van der Waals surface area contributed by atoms with Gasteiger partial charge in [0, 0.05) is 0 Å². The number of nitrogens with one attached hydrogen (secondary N) is 1. The average Bonchev–Trinajstić information content (AvgIpc) is 2.55. The Morgan fingerprint density at radius 2 is 1.74 bits per heavy atom. The van der Waals surface area contributed by atoms with Gasteiger partial charge in [0.05, 0.1) is 30.5 Å². The van der Waals surface area contributed by atoms with Crippen LogP contribution in [0.2, 0.25) is 0 Å². The standard InChI is InChI=1S/C17H18N2O3S/c1-13-3-9-16(10-4-13)23(20,21)19-17(11-12-18)14-5-7-15(22-2)8-6-14/h3-10,17,19H,11H2,1-2H3. The molecule has 23 heavy (non-hydrogen) atoms. The van der Waals surface area contributed by atoms with Crippen LogP contribution in [0.5, 0.6) is 5.75 Å². The minimum atomic E-state index is -3.69. The zero-order valence-corrected chi connectivity index (χ0v) is 13.8. The van der Waals surface area contributed by atoms with E-state index in [-0.39, 0.29) is 11.3 Å². The summed E-state index contributed by atoms with van der Waals surface area (Å²) in [7, 11) is -2.14. The van der Waals surface area contributed by atoms with Crippen LogP contribution in [0.3, 0.4) is 0 Å². The fourth-order valence-electron chi connectivity index (χ4n) is 2.13. The van der Waals surface area contributed by atoms with Gasteiger partial charge in [0.25, 0.3) is 0 Å². The third-order valence-electron chi connectivity index (χ3n) is 3.44. The highest BCUT2D eigenvalue weighted by molar-refractivity contribution is 7.89. The topological polar surface area (TPSA) is 79.2 Å². The first kappa shape index (κ1) is 17.0. The summed E-state index contributed by atoms with van der Waals surface area (Å²) in [5.41, 5.74) is 1.69. The second-order valence-electron chi connectivity index (χ2n) is 5.12. The van der Waals surface area contributed by atoms with Crippen LogP contribution in [0.1, 0.15) is 23.6 Å². The first-order chi connectivity index (χ1) is 11.0. The number of nitriles is 1. The molecule has 1 N–H and O–H groups in total. The van der Waals surface area contributed by atoms with Gasteiger partial charge in [-0.1, -0.05) is 29.8 Å². The van der Waals surface area contributed by atoms with Gasteiger partial charge in [0.1, 0.15) is 5.75 Å². The highest BCUT2D eigenvalue weighted by atomic mass is 32.2. The summed E-state index contributed by atoms with van der Waals surface area (Å²) in [5.74, 6) is 0.672. The minimum Gasteiger partial charge on any atom is -0.497 e. The number of hydrogen-bond acceptors (Lipinski definition) is 4. The summed E-state index contributed by atoms with van der Waals surface area (Å²) < 4.78 is 32.6. The minimum absolute atomic E-state index is 0.0391. The lowest BCUT2D eigenvalue weighted by Crippen LogP contribution is -2.28. The van der Waals surface area contributed by atoms with Crippen LogP contribution >= 0.6 is 0 Å². The van der Waals surface area contributed by atoms with E-state index >= 15 is 0 Å². The third-order valence-corrected chi connectivity index (χ3v) is 4.93. The molecular formula is C17H18N2O3S. The lowest BCUT2D eigenvalue weighted by Gasteiger charge is -2.17. The Morgan fingerprint density at radius 1 is 1.13 bits per heavy atom. The number of rotatable bonds is 6. The van der Waals surface area contributed by atoms with Gasteiger partial charge in [-0.05, 0) is 36.8 Å². The average molecular weight is 330 g/mol. The van der Waals surface area contributed by atoms with Crippen molar-refractivity contribution in [2.75, 3.05) is 7.11 Å². The van der Waals surface area contributed by atoms with E-state index in [0.29, 0.717) is 11.3 Å². The Hall–Kier alpha value is -2.36. The molecule has 0 radical (unpaired) electrons. The first-order valence-electron chi connectivity index (χ1n) is 7.06. The molecule has 0 aromatic heterocycles. The van der Waals surface area contributed by atoms with E-state index in [4.69, 9.17) is 10.00 Å². The van der Waals surface area contributed by atoms with Gasteiger partial charge in [0.15, 0.2) is 0 Å². The highest BCUT2D eigenvalue weighted by Crippen LogP contribution is 2.22. The number of aryl methyl sites for hydroxylation is 1. The monoisotopic (exact) mass is 330 g/mol. The third kappa shape index (κ3) is 4.31. The van der Waals surface area contributed by atoms with Crippen LogP contribution in [0, 0.1) is 18.3 Å². The van der Waals surface area contributed by atoms with Gasteiger partial charge >= 0.3 is 0 Å². The lowest BCUT2D eigenvalue weighted by atomic mass is 10.1. The summed E-state index contributed by atoms with van der Waals surface area (Å²) in [4.78, 5) is 0.180. The molecule has 0 fully saturated rings. The predicted octanol–water partition coefficient (Wildman–Crippen LogP) is 2.94. The molecule has 0 aliphatic heterocycles. The Bertz CT molecular complexity index is 791. The van der Waals surface area contributed by atoms with Gasteiger partial charge in [-0.3, -0.25) is 0 Å². The van der Waals surface area contributed by atoms with Gasteiger partial charge in [0.2, 0.25) is 10.0 Å². The van der Waals surface area contributed by atoms with E-state index in [9.17, 15) is 8.42 Å². The Morgan fingerprint density at radius 3 is 2.26 bits per heavy atom. The quantitative estimate of drug-likeness (QED) is 0.883. The number of ether oxygens (including phenoxy) is 1. The largest absolute Gasteiger partial charge is 0.497 e. The molecule has 0 heterocycles. The molecule has 120 valence electrons. The Labute approximate surface area is 136 Å². The number of benzene rings is 2. The maximum atomic E-state index is 12.5. The van der Waals surface area contributed by atoms with Crippen LogP contribution in [-0.4, -0.2) is 15.5 Å². The fraction of sp³-hybridized carbons (Fsp3) is 0.235. The molecule has 2 rings (SSSR count). The number of methoxy groups -OCH3 is 1. The van der Waals surface area contributed by atoms with E-state index in [0.717, 1.165) is 5.56 Å². The number of hydrogen-bond donors (Lipinski definition) is 1. The molecule has 0 amide bonds. The van der Waals surface area contributed by atoms with Crippen molar-refractivity contribution in [2.24, 2.45) is 0 Å². The van der Waals surface area contributed by atoms with Gasteiger partial charge in [-0.2, -0.15) is 5.26 Å². The smallest absolute Gasteiger partial charge is 0.241 e. The molecule has 2 aromatic carbocycles. The van der Waals surface area contributed by atoms with Crippen LogP contribution < -0.4 is 9.46 Å². The van der Waals surface area contributed by atoms with E-state index in [2.05, 4.69) is 4.72 Å². The highest BCUT2D eigenvalue weighted by Gasteiger charge is 2.21. The van der Waals surface area contributed by atoms with E-state index in [1.165, 1.54) is 0 Å². The lowest BCUT2D eigenvalue weighted by molar-refractivity contribution is 0.414. The molecule has 2 aromatic rings. The zero-order valence-electron chi connectivity index (χ0n) is 13.0. The van der Waals surface area contributed by atoms with Crippen molar-refractivity contribution in [3.05, 3.63) is 59.7 Å². The van der Waals surface area contributed by atoms with Crippen LogP contribution in [0.4, 0.5) is 0 Å². The second kappa shape index (κ2) is 7.27. The normalized spacial score (nSPS) is 12.4. The van der Waals surface area contributed by atoms with Gasteiger partial charge in [-0.15, -0.1) is 0 Å². The van der Waals surface area contributed by atoms with Crippen LogP contribution in [0.15, 0.2) is 53.4 Å². The number of nitrogens with zero attached hydrogens (tertiary/aromatic N) is 1. The van der Waals surface area contributed by atoms with Crippen molar-refractivity contribution in [1.29, 1.82) is 5.26 Å². The number of sulfonamides is 1. The molecule has 6 heteroatoms.